The second-order valence-corrected chi connectivity index (χ2v) is 6.19. The monoisotopic (exact) mass is 357 g/mol. The standard InChI is InChI=1S/C18H16ClN3OS/c1-11-7-8-15(12(2)9-11)21-17(23)13(10-20)18(24)22-16-6-4-3-5-14(16)19/h3-9,13H,1-2H3,(H,21,23)(H,22,24)/t13-/m0/s1. The van der Waals surface area contributed by atoms with Crippen LogP contribution in [0.4, 0.5) is 11.4 Å². The molecule has 0 unspecified atom stereocenters. The van der Waals surface area contributed by atoms with Crippen LogP contribution in [0, 0.1) is 31.1 Å². The Hall–Kier alpha value is -2.42. The predicted molar refractivity (Wildman–Crippen MR) is 101 cm³/mol. The van der Waals surface area contributed by atoms with Gasteiger partial charge >= 0.3 is 0 Å². The number of halogens is 1. The van der Waals surface area contributed by atoms with E-state index < -0.39 is 11.8 Å². The lowest BCUT2D eigenvalue weighted by molar-refractivity contribution is -0.116. The van der Waals surface area contributed by atoms with E-state index in [2.05, 4.69) is 10.6 Å². The average Bonchev–Trinajstić information content (AvgIpc) is 2.53. The molecule has 1 atom stereocenters. The predicted octanol–water partition coefficient (Wildman–Crippen LogP) is 4.47. The Labute approximate surface area is 151 Å². The molecule has 0 aliphatic heterocycles. The van der Waals surface area contributed by atoms with Crippen molar-refractivity contribution in [2.45, 2.75) is 13.8 Å². The van der Waals surface area contributed by atoms with E-state index in [9.17, 15) is 10.1 Å². The van der Waals surface area contributed by atoms with Gasteiger partial charge < -0.3 is 10.6 Å². The van der Waals surface area contributed by atoms with Gasteiger partial charge in [-0.3, -0.25) is 4.79 Å². The zero-order valence-electron chi connectivity index (χ0n) is 13.3. The quantitative estimate of drug-likeness (QED) is 0.792. The summed E-state index contributed by atoms with van der Waals surface area (Å²) in [4.78, 5) is 12.5. The number of benzene rings is 2. The molecule has 2 N–H and O–H groups in total. The van der Waals surface area contributed by atoms with Gasteiger partial charge in [0.1, 0.15) is 4.99 Å². The van der Waals surface area contributed by atoms with E-state index in [0.29, 0.717) is 16.4 Å². The van der Waals surface area contributed by atoms with Crippen LogP contribution in [0.1, 0.15) is 11.1 Å². The van der Waals surface area contributed by atoms with E-state index in [0.717, 1.165) is 11.1 Å². The maximum absolute atomic E-state index is 12.4. The zero-order valence-corrected chi connectivity index (χ0v) is 14.8. The first-order valence-corrected chi connectivity index (χ1v) is 8.04. The summed E-state index contributed by atoms with van der Waals surface area (Å²) in [6.45, 7) is 3.86. The van der Waals surface area contributed by atoms with Crippen molar-refractivity contribution < 1.29 is 4.79 Å². The molecule has 2 aromatic carbocycles. The van der Waals surface area contributed by atoms with Gasteiger partial charge in [-0.15, -0.1) is 0 Å². The van der Waals surface area contributed by atoms with E-state index in [-0.39, 0.29) is 4.99 Å². The Morgan fingerprint density at radius 2 is 1.88 bits per heavy atom. The van der Waals surface area contributed by atoms with Gasteiger partial charge in [-0.25, -0.2) is 0 Å². The van der Waals surface area contributed by atoms with E-state index in [1.807, 2.05) is 38.1 Å². The van der Waals surface area contributed by atoms with Crippen molar-refractivity contribution in [2.75, 3.05) is 10.6 Å². The molecule has 0 bridgehead atoms. The molecule has 24 heavy (non-hydrogen) atoms. The molecule has 0 aromatic heterocycles. The molecule has 0 spiro atoms. The van der Waals surface area contributed by atoms with Gasteiger partial charge in [0.25, 0.3) is 0 Å². The van der Waals surface area contributed by atoms with E-state index in [1.54, 1.807) is 24.3 Å². The molecule has 0 saturated heterocycles. The van der Waals surface area contributed by atoms with E-state index in [4.69, 9.17) is 23.8 Å². The lowest BCUT2D eigenvalue weighted by Crippen LogP contribution is -2.31. The van der Waals surface area contributed by atoms with Gasteiger partial charge in [0.2, 0.25) is 5.91 Å². The Kier molecular flexibility index (Phi) is 5.91. The van der Waals surface area contributed by atoms with Crippen molar-refractivity contribution >= 4 is 46.1 Å². The molecule has 6 heteroatoms. The fourth-order valence-corrected chi connectivity index (χ4v) is 2.62. The van der Waals surface area contributed by atoms with Gasteiger partial charge in [-0.05, 0) is 37.6 Å². The molecular weight excluding hydrogens is 342 g/mol. The number of carbonyl (C=O) groups is 1. The maximum Gasteiger partial charge on any atom is 0.248 e. The molecule has 2 rings (SSSR count). The van der Waals surface area contributed by atoms with E-state index >= 15 is 0 Å². The van der Waals surface area contributed by atoms with Gasteiger partial charge in [0, 0.05) is 5.69 Å². The number of hydrogen-bond donors (Lipinski definition) is 2. The highest BCUT2D eigenvalue weighted by Gasteiger charge is 2.24. The minimum absolute atomic E-state index is 0.105. The maximum atomic E-state index is 12.4. The molecule has 0 heterocycles. The number of rotatable bonds is 4. The summed E-state index contributed by atoms with van der Waals surface area (Å²) in [7, 11) is 0. The van der Waals surface area contributed by atoms with Crippen LogP contribution in [-0.2, 0) is 4.79 Å². The number of anilines is 2. The fourth-order valence-electron chi connectivity index (χ4n) is 2.16. The summed E-state index contributed by atoms with van der Waals surface area (Å²) < 4.78 is 0. The van der Waals surface area contributed by atoms with Crippen LogP contribution in [0.15, 0.2) is 42.5 Å². The molecular formula is C18H16ClN3OS. The lowest BCUT2D eigenvalue weighted by atomic mass is 10.1. The number of aryl methyl sites for hydroxylation is 2. The normalized spacial score (nSPS) is 11.2. The minimum Gasteiger partial charge on any atom is -0.347 e. The summed E-state index contributed by atoms with van der Waals surface area (Å²) in [5, 5.41) is 15.4. The van der Waals surface area contributed by atoms with Crippen LogP contribution in [0.25, 0.3) is 0 Å². The van der Waals surface area contributed by atoms with E-state index in [1.165, 1.54) is 0 Å². The van der Waals surface area contributed by atoms with Crippen molar-refractivity contribution in [3.63, 3.8) is 0 Å². The first kappa shape index (κ1) is 17.9. The fraction of sp³-hybridized carbons (Fsp3) is 0.167. The van der Waals surface area contributed by atoms with Gasteiger partial charge in [-0.2, -0.15) is 5.26 Å². The van der Waals surface area contributed by atoms with Gasteiger partial charge in [0.15, 0.2) is 5.92 Å². The second-order valence-electron chi connectivity index (χ2n) is 5.34. The largest absolute Gasteiger partial charge is 0.347 e. The lowest BCUT2D eigenvalue weighted by Gasteiger charge is -2.15. The number of thiocarbonyl (C=S) groups is 1. The molecule has 122 valence electrons. The van der Waals surface area contributed by atoms with Crippen molar-refractivity contribution in [1.82, 2.24) is 0 Å². The van der Waals surface area contributed by atoms with Crippen LogP contribution in [0.2, 0.25) is 5.02 Å². The third-order valence-corrected chi connectivity index (χ3v) is 4.09. The van der Waals surface area contributed by atoms with Crippen molar-refractivity contribution in [1.29, 1.82) is 5.26 Å². The highest BCUT2D eigenvalue weighted by atomic mass is 35.5. The summed E-state index contributed by atoms with van der Waals surface area (Å²) in [6, 6.07) is 14.6. The molecule has 0 radical (unpaired) electrons. The number of nitrogens with one attached hydrogen (secondary N) is 2. The number of hydrogen-bond acceptors (Lipinski definition) is 3. The summed E-state index contributed by atoms with van der Waals surface area (Å²) in [5.74, 6) is -1.59. The van der Waals surface area contributed by atoms with Crippen molar-refractivity contribution in [2.24, 2.45) is 5.92 Å². The number of amides is 1. The van der Waals surface area contributed by atoms with Crippen LogP contribution in [0.3, 0.4) is 0 Å². The molecule has 0 fully saturated rings. The summed E-state index contributed by atoms with van der Waals surface area (Å²) >= 11 is 11.3. The van der Waals surface area contributed by atoms with Crippen LogP contribution < -0.4 is 10.6 Å². The molecule has 1 amide bonds. The SMILES string of the molecule is Cc1ccc(NC(=O)[C@H](C#N)C(=S)Nc2ccccc2Cl)c(C)c1. The third kappa shape index (κ3) is 4.31. The van der Waals surface area contributed by atoms with Gasteiger partial charge in [-0.1, -0.05) is 53.6 Å². The summed E-state index contributed by atoms with van der Waals surface area (Å²) in [6.07, 6.45) is 0. The summed E-state index contributed by atoms with van der Waals surface area (Å²) in [5.41, 5.74) is 3.23. The Morgan fingerprint density at radius 1 is 1.17 bits per heavy atom. The molecule has 0 aliphatic carbocycles. The highest BCUT2D eigenvalue weighted by Crippen LogP contribution is 2.22. The third-order valence-electron chi connectivity index (χ3n) is 3.42. The minimum atomic E-state index is -1.11. The number of para-hydroxylation sites is 1. The Balaban J connectivity index is 2.12. The number of carbonyl (C=O) groups excluding carboxylic acids is 1. The molecule has 0 aliphatic rings. The van der Waals surface area contributed by atoms with Crippen LogP contribution in [-0.4, -0.2) is 10.9 Å². The van der Waals surface area contributed by atoms with Gasteiger partial charge in [0.05, 0.1) is 16.8 Å². The topological polar surface area (TPSA) is 64.9 Å². The Morgan fingerprint density at radius 3 is 2.50 bits per heavy atom. The first-order chi connectivity index (χ1) is 11.4. The number of nitriles is 1. The Bertz CT molecular complexity index is 829. The van der Waals surface area contributed by atoms with Crippen molar-refractivity contribution in [3.05, 3.63) is 58.6 Å². The number of nitrogens with zero attached hydrogens (tertiary/aromatic N) is 1. The zero-order chi connectivity index (χ0) is 17.7. The smallest absolute Gasteiger partial charge is 0.248 e. The molecule has 4 nitrogen and oxygen atoms in total. The first-order valence-electron chi connectivity index (χ1n) is 7.25. The molecule has 2 aromatic rings. The average molecular weight is 358 g/mol. The van der Waals surface area contributed by atoms with Crippen molar-refractivity contribution in [3.8, 4) is 6.07 Å². The second kappa shape index (κ2) is 7.91. The molecule has 0 saturated carbocycles. The highest BCUT2D eigenvalue weighted by molar-refractivity contribution is 7.80. The van der Waals surface area contributed by atoms with Crippen LogP contribution in [0.5, 0.6) is 0 Å². The van der Waals surface area contributed by atoms with Crippen LogP contribution >= 0.6 is 23.8 Å².